The highest BCUT2D eigenvalue weighted by Crippen LogP contribution is 2.27. The first-order valence-electron chi connectivity index (χ1n) is 9.08. The molecule has 1 atom stereocenters. The molecule has 1 amide bonds. The van der Waals surface area contributed by atoms with Crippen molar-refractivity contribution in [2.45, 2.75) is 12.5 Å². The summed E-state index contributed by atoms with van der Waals surface area (Å²) in [7, 11) is -3.22. The van der Waals surface area contributed by atoms with Crippen LogP contribution >= 0.6 is 0 Å². The van der Waals surface area contributed by atoms with Crippen LogP contribution in [-0.2, 0) is 10.0 Å². The largest absolute Gasteiger partial charge is 0.329 e. The summed E-state index contributed by atoms with van der Waals surface area (Å²) in [6, 6.07) is 10.7. The van der Waals surface area contributed by atoms with Crippen LogP contribution < -0.4 is 9.62 Å². The van der Waals surface area contributed by atoms with Gasteiger partial charge < -0.3 is 10.2 Å². The lowest BCUT2D eigenvalue weighted by Crippen LogP contribution is -2.48. The van der Waals surface area contributed by atoms with Gasteiger partial charge in [0, 0.05) is 44.1 Å². The predicted octanol–water partition coefficient (Wildman–Crippen LogP) is 1.41. The molecule has 2 fully saturated rings. The van der Waals surface area contributed by atoms with E-state index in [0.29, 0.717) is 37.3 Å². The van der Waals surface area contributed by atoms with E-state index in [-0.39, 0.29) is 17.7 Å². The van der Waals surface area contributed by atoms with Crippen LogP contribution in [0.5, 0.6) is 0 Å². The molecule has 0 aliphatic carbocycles. The smallest absolute Gasteiger partial charge is 0.254 e. The predicted molar refractivity (Wildman–Crippen MR) is 103 cm³/mol. The number of nitrogens with one attached hydrogen (secondary N) is 1. The van der Waals surface area contributed by atoms with E-state index in [9.17, 15) is 13.2 Å². The van der Waals surface area contributed by atoms with Gasteiger partial charge in [0.15, 0.2) is 0 Å². The molecule has 1 aromatic heterocycles. The average molecular weight is 386 g/mol. The molecule has 1 unspecified atom stereocenters. The molecule has 4 rings (SSSR count). The third-order valence-corrected chi connectivity index (χ3v) is 6.94. The van der Waals surface area contributed by atoms with Crippen molar-refractivity contribution in [2.75, 3.05) is 36.2 Å². The van der Waals surface area contributed by atoms with Crippen LogP contribution in [0.1, 0.15) is 28.4 Å². The number of aromatic nitrogens is 1. The highest BCUT2D eigenvalue weighted by Gasteiger charge is 2.30. The Balaban J connectivity index is 1.56. The highest BCUT2D eigenvalue weighted by atomic mass is 32.2. The maximum Gasteiger partial charge on any atom is 0.254 e. The number of hydrogen-bond acceptors (Lipinski definition) is 5. The topological polar surface area (TPSA) is 82.6 Å². The maximum absolute atomic E-state index is 13.1. The minimum Gasteiger partial charge on any atom is -0.329 e. The molecule has 2 saturated heterocycles. The van der Waals surface area contributed by atoms with Crippen LogP contribution in [0.15, 0.2) is 48.8 Å². The van der Waals surface area contributed by atoms with E-state index in [1.807, 2.05) is 17.0 Å². The van der Waals surface area contributed by atoms with Crippen LogP contribution in [0.2, 0.25) is 0 Å². The number of sulfonamides is 1. The lowest BCUT2D eigenvalue weighted by atomic mass is 10.0. The molecule has 8 heteroatoms. The van der Waals surface area contributed by atoms with Crippen LogP contribution in [0, 0.1) is 0 Å². The van der Waals surface area contributed by atoms with Gasteiger partial charge in [0.2, 0.25) is 10.0 Å². The summed E-state index contributed by atoms with van der Waals surface area (Å²) in [6.07, 6.45) is 4.15. The molecule has 0 saturated carbocycles. The van der Waals surface area contributed by atoms with E-state index in [0.717, 1.165) is 12.1 Å². The maximum atomic E-state index is 13.1. The van der Waals surface area contributed by atoms with Crippen LogP contribution in [-0.4, -0.2) is 56.1 Å². The Labute approximate surface area is 159 Å². The number of rotatable bonds is 3. The van der Waals surface area contributed by atoms with Gasteiger partial charge in [-0.05, 0) is 42.3 Å². The van der Waals surface area contributed by atoms with E-state index in [4.69, 9.17) is 0 Å². The standard InChI is InChI=1S/C19H22N4O3S/c24-19(22-11-9-21-14-18(22)16-3-1-8-20-13-16)15-4-6-17(7-5-15)23-10-2-12-27(23,25)26/h1,3-8,13,18,21H,2,9-12,14H2. The average Bonchev–Trinajstić information content (AvgIpc) is 3.07. The molecule has 1 N–H and O–H groups in total. The fraction of sp³-hybridized carbons (Fsp3) is 0.368. The Morgan fingerprint density at radius 1 is 1.15 bits per heavy atom. The summed E-state index contributed by atoms with van der Waals surface area (Å²) in [5, 5.41) is 3.33. The summed E-state index contributed by atoms with van der Waals surface area (Å²) in [5.74, 6) is 0.127. The summed E-state index contributed by atoms with van der Waals surface area (Å²) < 4.78 is 25.6. The van der Waals surface area contributed by atoms with Crippen molar-refractivity contribution < 1.29 is 13.2 Å². The van der Waals surface area contributed by atoms with E-state index >= 15 is 0 Å². The molecule has 3 heterocycles. The number of carbonyl (C=O) groups excluding carboxylic acids is 1. The van der Waals surface area contributed by atoms with E-state index in [1.165, 1.54) is 4.31 Å². The number of pyridine rings is 1. The van der Waals surface area contributed by atoms with Gasteiger partial charge in [0.25, 0.3) is 5.91 Å². The Kier molecular flexibility index (Phi) is 4.84. The normalized spacial score (nSPS) is 22.0. The first-order valence-corrected chi connectivity index (χ1v) is 10.7. The Morgan fingerprint density at radius 2 is 1.96 bits per heavy atom. The Hall–Kier alpha value is -2.45. The number of anilines is 1. The monoisotopic (exact) mass is 386 g/mol. The zero-order valence-electron chi connectivity index (χ0n) is 14.9. The number of amides is 1. The lowest BCUT2D eigenvalue weighted by Gasteiger charge is -2.36. The molecule has 2 aromatic rings. The van der Waals surface area contributed by atoms with Crippen LogP contribution in [0.4, 0.5) is 5.69 Å². The van der Waals surface area contributed by atoms with Gasteiger partial charge in [-0.1, -0.05) is 6.07 Å². The second-order valence-electron chi connectivity index (χ2n) is 6.79. The van der Waals surface area contributed by atoms with Gasteiger partial charge in [-0.25, -0.2) is 8.42 Å². The molecule has 0 spiro atoms. The molecule has 27 heavy (non-hydrogen) atoms. The second kappa shape index (κ2) is 7.28. The number of nitrogens with zero attached hydrogens (tertiary/aromatic N) is 3. The molecule has 7 nitrogen and oxygen atoms in total. The molecule has 142 valence electrons. The van der Waals surface area contributed by atoms with E-state index in [1.54, 1.807) is 36.7 Å². The number of benzene rings is 1. The van der Waals surface area contributed by atoms with Crippen molar-refractivity contribution >= 4 is 21.6 Å². The van der Waals surface area contributed by atoms with Gasteiger partial charge in [-0.2, -0.15) is 0 Å². The third-order valence-electron chi connectivity index (χ3n) is 5.07. The summed E-state index contributed by atoms with van der Waals surface area (Å²) in [4.78, 5) is 19.1. The number of hydrogen-bond donors (Lipinski definition) is 1. The van der Waals surface area contributed by atoms with Crippen molar-refractivity contribution in [1.82, 2.24) is 15.2 Å². The van der Waals surface area contributed by atoms with Crippen molar-refractivity contribution in [1.29, 1.82) is 0 Å². The van der Waals surface area contributed by atoms with Gasteiger partial charge in [-0.15, -0.1) is 0 Å². The Bertz CT molecular complexity index is 916. The SMILES string of the molecule is O=C(c1ccc(N2CCCS2(=O)=O)cc1)N1CCNCC1c1cccnc1. The van der Waals surface area contributed by atoms with Crippen molar-refractivity contribution in [3.63, 3.8) is 0 Å². The zero-order chi connectivity index (χ0) is 18.9. The quantitative estimate of drug-likeness (QED) is 0.862. The summed E-state index contributed by atoms with van der Waals surface area (Å²) in [6.45, 7) is 2.53. The highest BCUT2D eigenvalue weighted by molar-refractivity contribution is 7.93. The second-order valence-corrected chi connectivity index (χ2v) is 8.81. The van der Waals surface area contributed by atoms with Gasteiger partial charge in [-0.3, -0.25) is 14.1 Å². The van der Waals surface area contributed by atoms with E-state index < -0.39 is 10.0 Å². The van der Waals surface area contributed by atoms with Crippen LogP contribution in [0.25, 0.3) is 0 Å². The first-order chi connectivity index (χ1) is 13.1. The molecular formula is C19H22N4O3S. The van der Waals surface area contributed by atoms with Gasteiger partial charge in [0.05, 0.1) is 17.5 Å². The number of piperazine rings is 1. The Morgan fingerprint density at radius 3 is 2.63 bits per heavy atom. The molecule has 2 aliphatic heterocycles. The van der Waals surface area contributed by atoms with Crippen molar-refractivity contribution in [3.05, 3.63) is 59.9 Å². The molecular weight excluding hydrogens is 364 g/mol. The minimum atomic E-state index is -3.22. The third kappa shape index (κ3) is 3.54. The fourth-order valence-electron chi connectivity index (χ4n) is 3.68. The zero-order valence-corrected chi connectivity index (χ0v) is 15.7. The van der Waals surface area contributed by atoms with Gasteiger partial charge in [0.1, 0.15) is 0 Å². The van der Waals surface area contributed by atoms with E-state index in [2.05, 4.69) is 10.3 Å². The lowest BCUT2D eigenvalue weighted by molar-refractivity contribution is 0.0634. The van der Waals surface area contributed by atoms with Crippen LogP contribution in [0.3, 0.4) is 0 Å². The van der Waals surface area contributed by atoms with Gasteiger partial charge >= 0.3 is 0 Å². The van der Waals surface area contributed by atoms with Crippen molar-refractivity contribution in [2.24, 2.45) is 0 Å². The summed E-state index contributed by atoms with van der Waals surface area (Å²) in [5.41, 5.74) is 2.18. The molecule has 2 aliphatic rings. The fourth-order valence-corrected chi connectivity index (χ4v) is 5.25. The number of carbonyl (C=O) groups is 1. The minimum absolute atomic E-state index is 0.0545. The molecule has 1 aromatic carbocycles. The summed E-state index contributed by atoms with van der Waals surface area (Å²) >= 11 is 0. The molecule has 0 bridgehead atoms. The first kappa shape index (κ1) is 17.9. The molecule has 0 radical (unpaired) electrons. The van der Waals surface area contributed by atoms with Crippen molar-refractivity contribution in [3.8, 4) is 0 Å².